The Bertz CT molecular complexity index is 157. The van der Waals surface area contributed by atoms with Crippen LogP contribution in [0.3, 0.4) is 0 Å². The average Bonchev–Trinajstić information content (AvgIpc) is 1.91. The number of hydrogen-bond acceptors (Lipinski definition) is 1. The zero-order chi connectivity index (χ0) is 7.82. The fourth-order valence-electron chi connectivity index (χ4n) is 0.448. The van der Waals surface area contributed by atoms with E-state index in [4.69, 9.17) is 18.8 Å². The van der Waals surface area contributed by atoms with Gasteiger partial charge in [0.25, 0.3) is 0 Å². The van der Waals surface area contributed by atoms with Crippen molar-refractivity contribution in [1.82, 2.24) is 4.98 Å². The van der Waals surface area contributed by atoms with Crippen LogP contribution in [0.15, 0.2) is 24.4 Å². The Hall–Kier alpha value is 0.418. The zero-order valence-corrected chi connectivity index (χ0v) is 9.11. The van der Waals surface area contributed by atoms with Crippen molar-refractivity contribution >= 4 is 18.8 Å². The number of rotatable bonds is 0. The molecule has 1 aromatic rings. The molecule has 1 heterocycles. The monoisotopic (exact) mass is 358 g/mol. The van der Waals surface area contributed by atoms with Crippen LogP contribution in [0.1, 0.15) is 5.69 Å². The fourth-order valence-corrected chi connectivity index (χ4v) is 0.448. The van der Waals surface area contributed by atoms with Crippen molar-refractivity contribution in [1.29, 1.82) is 0 Å². The molecule has 10 heavy (non-hydrogen) atoms. The van der Waals surface area contributed by atoms with Gasteiger partial charge in [-0.15, -0.1) is 0 Å². The van der Waals surface area contributed by atoms with Crippen molar-refractivity contribution < 1.29 is 16.5 Å². The van der Waals surface area contributed by atoms with Crippen LogP contribution >= 0.6 is 18.8 Å². The summed E-state index contributed by atoms with van der Waals surface area (Å²) in [5.74, 6) is 0. The second-order valence-corrected chi connectivity index (χ2v) is 4.80. The van der Waals surface area contributed by atoms with E-state index >= 15 is 0 Å². The molecular weight excluding hydrogens is 352 g/mol. The van der Waals surface area contributed by atoms with Gasteiger partial charge in [0.1, 0.15) is 0 Å². The number of halogens is 2. The summed E-state index contributed by atoms with van der Waals surface area (Å²) in [7, 11) is 9.75. The van der Waals surface area contributed by atoms with E-state index in [2.05, 4.69) is 4.98 Å². The molecule has 1 aromatic heterocycles. The van der Waals surface area contributed by atoms with E-state index in [1.165, 1.54) is 0 Å². The maximum atomic E-state index is 4.88. The van der Waals surface area contributed by atoms with Gasteiger partial charge in [-0.1, -0.05) is 6.07 Å². The Kier molecular flexibility index (Phi) is 7.84. The zero-order valence-electron chi connectivity index (χ0n) is 5.33. The van der Waals surface area contributed by atoms with Crippen LogP contribution < -0.4 is 0 Å². The number of hydrogen-bond donors (Lipinski definition) is 0. The van der Waals surface area contributed by atoms with Gasteiger partial charge in [-0.2, -0.15) is 0 Å². The molecule has 0 saturated heterocycles. The molecule has 0 N–H and O–H groups in total. The van der Waals surface area contributed by atoms with E-state index in [9.17, 15) is 0 Å². The first-order valence-electron chi connectivity index (χ1n) is 2.51. The molecule has 0 radical (unpaired) electrons. The van der Waals surface area contributed by atoms with E-state index < -0.39 is 16.5 Å². The minimum absolute atomic E-state index is 0.472. The predicted molar refractivity (Wildman–Crippen MR) is 40.7 cm³/mol. The topological polar surface area (TPSA) is 12.9 Å². The van der Waals surface area contributed by atoms with Crippen LogP contribution in [0.2, 0.25) is 0 Å². The van der Waals surface area contributed by atoms with Crippen molar-refractivity contribution in [3.05, 3.63) is 30.1 Å². The van der Waals surface area contributed by atoms with E-state index in [0.29, 0.717) is 0 Å². The standard InChI is InChI=1S/C6H7N.2ClH.Pt/c1-6-4-2-3-5-7-6;;;/h2-5H,1H3;2*1H;/q;;;+2/p-2. The summed E-state index contributed by atoms with van der Waals surface area (Å²) in [4.78, 5) is 3.98. The Balaban J connectivity index is 0.000000236. The van der Waals surface area contributed by atoms with Gasteiger partial charge in [-0.3, -0.25) is 4.98 Å². The Morgan fingerprint density at radius 3 is 2.20 bits per heavy atom. The van der Waals surface area contributed by atoms with Crippen LogP contribution in [-0.4, -0.2) is 4.98 Å². The molecule has 0 aliphatic carbocycles. The minimum atomic E-state index is -0.472. The molecule has 0 saturated carbocycles. The molecule has 0 amide bonds. The summed E-state index contributed by atoms with van der Waals surface area (Å²) in [5.41, 5.74) is 1.07. The van der Waals surface area contributed by atoms with Gasteiger partial charge in [0.2, 0.25) is 0 Å². The first-order valence-corrected chi connectivity index (χ1v) is 8.14. The molecule has 1 nitrogen and oxygen atoms in total. The number of aryl methyl sites for hydroxylation is 1. The molecule has 60 valence electrons. The predicted octanol–water partition coefficient (Wildman–Crippen LogP) is 2.77. The van der Waals surface area contributed by atoms with Gasteiger partial charge in [-0.05, 0) is 19.1 Å². The van der Waals surface area contributed by atoms with Crippen LogP contribution in [0, 0.1) is 6.92 Å². The average molecular weight is 359 g/mol. The van der Waals surface area contributed by atoms with Gasteiger partial charge in [-0.25, -0.2) is 0 Å². The number of aromatic nitrogens is 1. The Morgan fingerprint density at radius 1 is 1.40 bits per heavy atom. The van der Waals surface area contributed by atoms with Crippen molar-refractivity contribution in [3.63, 3.8) is 0 Å². The van der Waals surface area contributed by atoms with Crippen molar-refractivity contribution in [3.8, 4) is 0 Å². The third kappa shape index (κ3) is 6.54. The van der Waals surface area contributed by atoms with Gasteiger partial charge in [0.05, 0.1) is 0 Å². The van der Waals surface area contributed by atoms with Crippen LogP contribution in [0.4, 0.5) is 0 Å². The summed E-state index contributed by atoms with van der Waals surface area (Å²) in [6.07, 6.45) is 1.79. The molecule has 0 atom stereocenters. The molecular formula is C6H7Cl2NPt. The van der Waals surface area contributed by atoms with Gasteiger partial charge < -0.3 is 0 Å². The van der Waals surface area contributed by atoms with E-state index in [0.717, 1.165) is 5.69 Å². The second kappa shape index (κ2) is 7.52. The fraction of sp³-hybridized carbons (Fsp3) is 0.167. The molecule has 0 bridgehead atoms. The van der Waals surface area contributed by atoms with E-state index in [-0.39, 0.29) is 0 Å². The third-order valence-corrected chi connectivity index (χ3v) is 0.813. The molecule has 4 heteroatoms. The van der Waals surface area contributed by atoms with Gasteiger partial charge in [0.15, 0.2) is 0 Å². The summed E-state index contributed by atoms with van der Waals surface area (Å²) in [6, 6.07) is 5.86. The molecule has 0 unspecified atom stereocenters. The third-order valence-electron chi connectivity index (χ3n) is 0.813. The summed E-state index contributed by atoms with van der Waals surface area (Å²) in [5, 5.41) is 0. The Labute approximate surface area is 77.1 Å². The Morgan fingerprint density at radius 2 is 2.00 bits per heavy atom. The summed E-state index contributed by atoms with van der Waals surface area (Å²) in [6.45, 7) is 1.97. The van der Waals surface area contributed by atoms with E-state index in [1.54, 1.807) is 6.20 Å². The quantitative estimate of drug-likeness (QED) is 0.694. The first kappa shape index (κ1) is 10.4. The molecule has 0 aliphatic heterocycles. The normalized spacial score (nSPS) is 8.30. The molecule has 1 rings (SSSR count). The number of nitrogens with zero attached hydrogens (tertiary/aromatic N) is 1. The maximum absolute atomic E-state index is 4.88. The summed E-state index contributed by atoms with van der Waals surface area (Å²) >= 11 is -0.472. The van der Waals surface area contributed by atoms with E-state index in [1.807, 2.05) is 25.1 Å². The first-order chi connectivity index (χ1) is 4.81. The molecule has 0 aromatic carbocycles. The second-order valence-electron chi connectivity index (χ2n) is 1.52. The van der Waals surface area contributed by atoms with Crippen LogP contribution in [0.5, 0.6) is 0 Å². The summed E-state index contributed by atoms with van der Waals surface area (Å²) < 4.78 is 0. The van der Waals surface area contributed by atoms with Crippen molar-refractivity contribution in [2.24, 2.45) is 0 Å². The number of pyridine rings is 1. The molecule has 0 fully saturated rings. The SMILES string of the molecule is Cc1ccccn1.[Cl][Pt][Cl]. The van der Waals surface area contributed by atoms with Crippen LogP contribution in [0.25, 0.3) is 0 Å². The van der Waals surface area contributed by atoms with Gasteiger partial charge in [0, 0.05) is 11.9 Å². The van der Waals surface area contributed by atoms with Crippen molar-refractivity contribution in [2.75, 3.05) is 0 Å². The van der Waals surface area contributed by atoms with Gasteiger partial charge >= 0.3 is 35.3 Å². The molecule has 0 aliphatic rings. The molecule has 0 spiro atoms. The van der Waals surface area contributed by atoms with Crippen LogP contribution in [-0.2, 0) is 16.5 Å². The van der Waals surface area contributed by atoms with Crippen molar-refractivity contribution in [2.45, 2.75) is 6.92 Å².